The lowest BCUT2D eigenvalue weighted by atomic mass is 10.2. The van der Waals surface area contributed by atoms with E-state index in [4.69, 9.17) is 14.2 Å². The number of carbonyl (C=O) groups is 1. The fraction of sp³-hybridized carbons (Fsp3) is 0.500. The second-order valence-electron chi connectivity index (χ2n) is 3.75. The van der Waals surface area contributed by atoms with Gasteiger partial charge in [-0.3, -0.25) is 0 Å². The van der Waals surface area contributed by atoms with Gasteiger partial charge in [-0.25, -0.2) is 4.79 Å². The highest BCUT2D eigenvalue weighted by Crippen LogP contribution is 2.00. The van der Waals surface area contributed by atoms with Crippen LogP contribution >= 0.6 is 0 Å². The molecule has 0 bridgehead atoms. The van der Waals surface area contributed by atoms with Crippen LogP contribution in [0.15, 0.2) is 30.3 Å². The fourth-order valence-corrected chi connectivity index (χ4v) is 1.39. The van der Waals surface area contributed by atoms with Crippen LogP contribution in [-0.4, -0.2) is 32.4 Å². The van der Waals surface area contributed by atoms with Crippen LogP contribution in [0.2, 0.25) is 0 Å². The maximum Gasteiger partial charge on any atom is 0.332 e. The number of esters is 1. The van der Waals surface area contributed by atoms with Gasteiger partial charge < -0.3 is 14.2 Å². The van der Waals surface area contributed by atoms with Gasteiger partial charge in [0.15, 0.2) is 0 Å². The molecule has 0 aliphatic rings. The summed E-state index contributed by atoms with van der Waals surface area (Å²) in [6.45, 7) is 3.92. The maximum atomic E-state index is 10.9. The summed E-state index contributed by atoms with van der Waals surface area (Å²) >= 11 is 0. The molecule has 1 aromatic carbocycles. The monoisotopic (exact) mass is 252 g/mol. The highest BCUT2D eigenvalue weighted by molar-refractivity contribution is 5.70. The Balaban J connectivity index is 1.92. The van der Waals surface area contributed by atoms with Crippen molar-refractivity contribution in [3.8, 4) is 0 Å². The van der Waals surface area contributed by atoms with E-state index in [0.717, 1.165) is 12.0 Å². The third-order valence-corrected chi connectivity index (χ3v) is 2.21. The minimum atomic E-state index is -0.317. The average molecular weight is 252 g/mol. The Morgan fingerprint density at radius 1 is 1.11 bits per heavy atom. The van der Waals surface area contributed by atoms with Crippen LogP contribution in [0, 0.1) is 0 Å². The van der Waals surface area contributed by atoms with Gasteiger partial charge in [0.05, 0.1) is 13.2 Å². The van der Waals surface area contributed by atoms with Crippen molar-refractivity contribution < 1.29 is 19.0 Å². The molecular weight excluding hydrogens is 232 g/mol. The van der Waals surface area contributed by atoms with Crippen molar-refractivity contribution in [3.63, 3.8) is 0 Å². The fourth-order valence-electron chi connectivity index (χ4n) is 1.39. The molecule has 4 nitrogen and oxygen atoms in total. The van der Waals surface area contributed by atoms with Crippen molar-refractivity contribution in [2.75, 3.05) is 26.4 Å². The van der Waals surface area contributed by atoms with Crippen molar-refractivity contribution in [1.29, 1.82) is 0 Å². The number of benzene rings is 1. The predicted molar refractivity (Wildman–Crippen MR) is 68.2 cm³/mol. The molecule has 0 aliphatic heterocycles. The van der Waals surface area contributed by atoms with Gasteiger partial charge in [0, 0.05) is 13.2 Å². The van der Waals surface area contributed by atoms with Crippen LogP contribution in [0.3, 0.4) is 0 Å². The van der Waals surface area contributed by atoms with E-state index in [9.17, 15) is 4.79 Å². The molecule has 0 fully saturated rings. The first-order valence-electron chi connectivity index (χ1n) is 6.18. The van der Waals surface area contributed by atoms with Gasteiger partial charge >= 0.3 is 5.97 Å². The minimum absolute atomic E-state index is 0.0204. The Bertz CT molecular complexity index is 324. The third kappa shape index (κ3) is 7.04. The summed E-state index contributed by atoms with van der Waals surface area (Å²) in [6.07, 6.45) is 0.770. The van der Waals surface area contributed by atoms with Crippen molar-refractivity contribution in [3.05, 3.63) is 35.9 Å². The van der Waals surface area contributed by atoms with E-state index >= 15 is 0 Å². The van der Waals surface area contributed by atoms with Gasteiger partial charge in [0.2, 0.25) is 0 Å². The van der Waals surface area contributed by atoms with Crippen LogP contribution in [0.5, 0.6) is 0 Å². The van der Waals surface area contributed by atoms with Crippen molar-refractivity contribution >= 4 is 5.97 Å². The van der Waals surface area contributed by atoms with Gasteiger partial charge in [-0.2, -0.15) is 0 Å². The molecule has 0 saturated carbocycles. The van der Waals surface area contributed by atoms with Crippen LogP contribution in [0.4, 0.5) is 0 Å². The Morgan fingerprint density at radius 2 is 1.83 bits per heavy atom. The Kier molecular flexibility index (Phi) is 7.84. The number of rotatable bonds is 9. The zero-order valence-corrected chi connectivity index (χ0v) is 10.8. The Labute approximate surface area is 108 Å². The van der Waals surface area contributed by atoms with Gasteiger partial charge in [-0.1, -0.05) is 30.3 Å². The van der Waals surface area contributed by atoms with Crippen LogP contribution in [0.25, 0.3) is 0 Å². The minimum Gasteiger partial charge on any atom is -0.464 e. The standard InChI is InChI=1S/C14H20O4/c1-2-18-14(15)12-17-10-6-9-16-11-13-7-4-3-5-8-13/h3-5,7-8H,2,6,9-12H2,1H3. The normalized spacial score (nSPS) is 10.3. The lowest BCUT2D eigenvalue weighted by Gasteiger charge is -2.05. The summed E-state index contributed by atoms with van der Waals surface area (Å²) < 4.78 is 15.4. The third-order valence-electron chi connectivity index (χ3n) is 2.21. The van der Waals surface area contributed by atoms with Crippen molar-refractivity contribution in [2.45, 2.75) is 20.0 Å². The quantitative estimate of drug-likeness (QED) is 0.499. The first-order valence-corrected chi connectivity index (χ1v) is 6.18. The molecule has 0 radical (unpaired) electrons. The number of carbonyl (C=O) groups excluding carboxylic acids is 1. The van der Waals surface area contributed by atoms with Crippen LogP contribution in [0.1, 0.15) is 18.9 Å². The summed E-state index contributed by atoms with van der Waals surface area (Å²) in [5.41, 5.74) is 1.16. The topological polar surface area (TPSA) is 44.8 Å². The molecule has 18 heavy (non-hydrogen) atoms. The molecule has 0 saturated heterocycles. The molecular formula is C14H20O4. The summed E-state index contributed by atoms with van der Waals surface area (Å²) in [7, 11) is 0. The second-order valence-corrected chi connectivity index (χ2v) is 3.75. The molecule has 0 aliphatic carbocycles. The smallest absolute Gasteiger partial charge is 0.332 e. The largest absolute Gasteiger partial charge is 0.464 e. The molecule has 1 rings (SSSR count). The molecule has 0 atom stereocenters. The molecule has 0 heterocycles. The summed E-state index contributed by atoms with van der Waals surface area (Å²) in [6, 6.07) is 10.0. The zero-order valence-electron chi connectivity index (χ0n) is 10.8. The molecule has 0 amide bonds. The van der Waals surface area contributed by atoms with E-state index in [1.807, 2.05) is 30.3 Å². The first-order chi connectivity index (χ1) is 8.83. The molecule has 0 aromatic heterocycles. The van der Waals surface area contributed by atoms with Crippen LogP contribution < -0.4 is 0 Å². The number of hydrogen-bond acceptors (Lipinski definition) is 4. The van der Waals surface area contributed by atoms with Crippen molar-refractivity contribution in [2.24, 2.45) is 0 Å². The second kappa shape index (κ2) is 9.62. The maximum absolute atomic E-state index is 10.9. The van der Waals surface area contributed by atoms with E-state index in [1.54, 1.807) is 6.92 Å². The van der Waals surface area contributed by atoms with Gasteiger partial charge in [-0.15, -0.1) is 0 Å². The van der Waals surface area contributed by atoms with Gasteiger partial charge in [0.25, 0.3) is 0 Å². The number of hydrogen-bond donors (Lipinski definition) is 0. The highest BCUT2D eigenvalue weighted by atomic mass is 16.6. The zero-order chi connectivity index (χ0) is 13.1. The molecule has 0 N–H and O–H groups in total. The Morgan fingerprint density at radius 3 is 2.56 bits per heavy atom. The molecule has 0 spiro atoms. The SMILES string of the molecule is CCOC(=O)COCCCOCc1ccccc1. The van der Waals surface area contributed by atoms with E-state index < -0.39 is 0 Å². The Hall–Kier alpha value is -1.39. The van der Waals surface area contributed by atoms with E-state index in [1.165, 1.54) is 0 Å². The molecule has 4 heteroatoms. The van der Waals surface area contributed by atoms with Gasteiger partial charge in [0.1, 0.15) is 6.61 Å². The van der Waals surface area contributed by atoms with E-state index in [0.29, 0.717) is 26.4 Å². The van der Waals surface area contributed by atoms with Gasteiger partial charge in [-0.05, 0) is 18.9 Å². The average Bonchev–Trinajstić information content (AvgIpc) is 2.39. The lowest BCUT2D eigenvalue weighted by Crippen LogP contribution is -2.13. The molecule has 1 aromatic rings. The lowest BCUT2D eigenvalue weighted by molar-refractivity contribution is -0.148. The molecule has 100 valence electrons. The number of ether oxygens (including phenoxy) is 3. The predicted octanol–water partition coefficient (Wildman–Crippen LogP) is 2.17. The summed E-state index contributed by atoms with van der Waals surface area (Å²) in [5.74, 6) is -0.317. The van der Waals surface area contributed by atoms with Crippen LogP contribution in [-0.2, 0) is 25.6 Å². The first kappa shape index (κ1) is 14.7. The van der Waals surface area contributed by atoms with E-state index in [2.05, 4.69) is 0 Å². The molecule has 0 unspecified atom stereocenters. The summed E-state index contributed by atoms with van der Waals surface area (Å²) in [4.78, 5) is 10.9. The van der Waals surface area contributed by atoms with Crippen molar-refractivity contribution in [1.82, 2.24) is 0 Å². The van der Waals surface area contributed by atoms with E-state index in [-0.39, 0.29) is 12.6 Å². The summed E-state index contributed by atoms with van der Waals surface area (Å²) in [5, 5.41) is 0. The highest BCUT2D eigenvalue weighted by Gasteiger charge is 2.00.